The van der Waals surface area contributed by atoms with Gasteiger partial charge in [-0.3, -0.25) is 4.79 Å². The summed E-state index contributed by atoms with van der Waals surface area (Å²) in [6, 6.07) is 1.98. The van der Waals surface area contributed by atoms with Gasteiger partial charge in [-0.1, -0.05) is 20.8 Å². The Morgan fingerprint density at radius 3 is 2.50 bits per heavy atom. The minimum atomic E-state index is -0.186. The fourth-order valence-corrected chi connectivity index (χ4v) is 0.709. The highest BCUT2D eigenvalue weighted by Crippen LogP contribution is 2.00. The van der Waals surface area contributed by atoms with Crippen LogP contribution in [0.1, 0.15) is 27.2 Å². The van der Waals surface area contributed by atoms with Crippen LogP contribution in [0.3, 0.4) is 0 Å². The molecule has 0 bridgehead atoms. The lowest BCUT2D eigenvalue weighted by Gasteiger charge is -2.10. The third-order valence-electron chi connectivity index (χ3n) is 1.53. The van der Waals surface area contributed by atoms with E-state index in [9.17, 15) is 4.79 Å². The van der Waals surface area contributed by atoms with Crippen molar-refractivity contribution in [3.63, 3.8) is 0 Å². The molecule has 0 radical (unpaired) electrons. The summed E-state index contributed by atoms with van der Waals surface area (Å²) in [6.07, 6.45) is 0.296. The lowest BCUT2D eigenvalue weighted by molar-refractivity contribution is -0.124. The summed E-state index contributed by atoms with van der Waals surface area (Å²) in [5.74, 6) is 0.252. The van der Waals surface area contributed by atoms with E-state index >= 15 is 0 Å². The Morgan fingerprint density at radius 1 is 1.50 bits per heavy atom. The first-order valence-electron chi connectivity index (χ1n) is 4.22. The van der Waals surface area contributed by atoms with E-state index in [1.165, 1.54) is 0 Å². The van der Waals surface area contributed by atoms with Crippen molar-refractivity contribution in [2.24, 2.45) is 11.8 Å². The maximum Gasteiger partial charge on any atom is 0.223 e. The van der Waals surface area contributed by atoms with Gasteiger partial charge in [0.05, 0.1) is 6.07 Å². The van der Waals surface area contributed by atoms with Gasteiger partial charge in [-0.25, -0.2) is 0 Å². The SMILES string of the molecule is CC(C)CNC(=O)C(C)CC#N. The van der Waals surface area contributed by atoms with E-state index in [2.05, 4.69) is 5.32 Å². The van der Waals surface area contributed by atoms with Crippen LogP contribution < -0.4 is 5.32 Å². The van der Waals surface area contributed by atoms with Crippen molar-refractivity contribution in [1.82, 2.24) is 5.32 Å². The van der Waals surface area contributed by atoms with Gasteiger partial charge in [0.15, 0.2) is 0 Å². The Labute approximate surface area is 73.8 Å². The molecule has 0 aromatic rings. The van der Waals surface area contributed by atoms with Crippen LogP contribution in [0.5, 0.6) is 0 Å². The number of amides is 1. The van der Waals surface area contributed by atoms with Crippen LogP contribution >= 0.6 is 0 Å². The van der Waals surface area contributed by atoms with Crippen molar-refractivity contribution >= 4 is 5.91 Å². The smallest absolute Gasteiger partial charge is 0.223 e. The van der Waals surface area contributed by atoms with Gasteiger partial charge in [-0.2, -0.15) is 5.26 Å². The third-order valence-corrected chi connectivity index (χ3v) is 1.53. The summed E-state index contributed by atoms with van der Waals surface area (Å²) < 4.78 is 0. The van der Waals surface area contributed by atoms with Gasteiger partial charge < -0.3 is 5.32 Å². The number of nitriles is 1. The summed E-state index contributed by atoms with van der Waals surface area (Å²) >= 11 is 0. The summed E-state index contributed by atoms with van der Waals surface area (Å²) in [4.78, 5) is 11.2. The van der Waals surface area contributed by atoms with Crippen molar-refractivity contribution in [2.75, 3.05) is 6.54 Å². The molecule has 1 amide bonds. The standard InChI is InChI=1S/C9H16N2O/c1-7(2)6-11-9(12)8(3)4-5-10/h7-8H,4,6H2,1-3H3,(H,11,12). The lowest BCUT2D eigenvalue weighted by Crippen LogP contribution is -2.31. The molecule has 0 saturated carbocycles. The van der Waals surface area contributed by atoms with E-state index in [-0.39, 0.29) is 11.8 Å². The highest BCUT2D eigenvalue weighted by atomic mass is 16.1. The van der Waals surface area contributed by atoms with Gasteiger partial charge in [0.2, 0.25) is 5.91 Å². The average molecular weight is 168 g/mol. The van der Waals surface area contributed by atoms with Crippen molar-refractivity contribution in [2.45, 2.75) is 27.2 Å². The molecule has 0 saturated heterocycles. The minimum Gasteiger partial charge on any atom is -0.356 e. The summed E-state index contributed by atoms with van der Waals surface area (Å²) in [5.41, 5.74) is 0. The number of rotatable bonds is 4. The highest BCUT2D eigenvalue weighted by Gasteiger charge is 2.11. The Kier molecular flexibility index (Phi) is 5.11. The van der Waals surface area contributed by atoms with Crippen LogP contribution in [0.15, 0.2) is 0 Å². The Morgan fingerprint density at radius 2 is 2.08 bits per heavy atom. The van der Waals surface area contributed by atoms with Gasteiger partial charge in [0.1, 0.15) is 0 Å². The zero-order valence-electron chi connectivity index (χ0n) is 7.92. The van der Waals surface area contributed by atoms with Crippen LogP contribution in [0.4, 0.5) is 0 Å². The summed E-state index contributed by atoms with van der Waals surface area (Å²) in [5, 5.41) is 11.1. The molecule has 1 N–H and O–H groups in total. The van der Waals surface area contributed by atoms with Gasteiger partial charge >= 0.3 is 0 Å². The van der Waals surface area contributed by atoms with Crippen LogP contribution in [0, 0.1) is 23.2 Å². The Hall–Kier alpha value is -1.04. The number of hydrogen-bond donors (Lipinski definition) is 1. The second-order valence-corrected chi connectivity index (χ2v) is 3.40. The fourth-order valence-electron chi connectivity index (χ4n) is 0.709. The molecule has 0 fully saturated rings. The predicted molar refractivity (Wildman–Crippen MR) is 47.2 cm³/mol. The molecular weight excluding hydrogens is 152 g/mol. The van der Waals surface area contributed by atoms with Crippen molar-refractivity contribution in [3.8, 4) is 6.07 Å². The molecule has 0 rings (SSSR count). The summed E-state index contributed by atoms with van der Waals surface area (Å²) in [7, 11) is 0. The molecule has 0 heterocycles. The Bertz CT molecular complexity index is 181. The summed E-state index contributed by atoms with van der Waals surface area (Å²) in [6.45, 7) is 6.53. The van der Waals surface area contributed by atoms with E-state index in [1.807, 2.05) is 19.9 Å². The molecule has 1 unspecified atom stereocenters. The number of carbonyl (C=O) groups is 1. The largest absolute Gasteiger partial charge is 0.356 e. The third kappa shape index (κ3) is 4.73. The molecule has 68 valence electrons. The van der Waals surface area contributed by atoms with Gasteiger partial charge in [0.25, 0.3) is 0 Å². The van der Waals surface area contributed by atoms with Crippen LogP contribution in [-0.2, 0) is 4.79 Å². The van der Waals surface area contributed by atoms with E-state index in [1.54, 1.807) is 6.92 Å². The normalized spacial score (nSPS) is 12.2. The first kappa shape index (κ1) is 11.0. The molecule has 1 atom stereocenters. The zero-order valence-corrected chi connectivity index (χ0v) is 7.92. The van der Waals surface area contributed by atoms with Gasteiger partial charge in [-0.15, -0.1) is 0 Å². The van der Waals surface area contributed by atoms with E-state index < -0.39 is 0 Å². The molecule has 3 heteroatoms. The highest BCUT2D eigenvalue weighted by molar-refractivity contribution is 5.78. The number of nitrogens with one attached hydrogen (secondary N) is 1. The predicted octanol–water partition coefficient (Wildman–Crippen LogP) is 1.31. The minimum absolute atomic E-state index is 0.0229. The van der Waals surface area contributed by atoms with E-state index in [4.69, 9.17) is 5.26 Å². The molecule has 12 heavy (non-hydrogen) atoms. The number of hydrogen-bond acceptors (Lipinski definition) is 2. The lowest BCUT2D eigenvalue weighted by atomic mass is 10.1. The maximum absolute atomic E-state index is 11.2. The van der Waals surface area contributed by atoms with Crippen LogP contribution in [-0.4, -0.2) is 12.5 Å². The molecule has 0 aliphatic carbocycles. The van der Waals surface area contributed by atoms with Gasteiger partial charge in [0, 0.05) is 18.9 Å². The molecule has 0 aromatic heterocycles. The zero-order chi connectivity index (χ0) is 9.56. The Balaban J connectivity index is 3.66. The monoisotopic (exact) mass is 168 g/mol. The second kappa shape index (κ2) is 5.59. The molecular formula is C9H16N2O. The fraction of sp³-hybridized carbons (Fsp3) is 0.778. The van der Waals surface area contributed by atoms with E-state index in [0.29, 0.717) is 18.9 Å². The molecule has 0 aliphatic heterocycles. The second-order valence-electron chi connectivity index (χ2n) is 3.40. The first-order chi connectivity index (χ1) is 5.57. The topological polar surface area (TPSA) is 52.9 Å². The van der Waals surface area contributed by atoms with Crippen molar-refractivity contribution in [1.29, 1.82) is 5.26 Å². The molecule has 0 spiro atoms. The molecule has 0 aromatic carbocycles. The first-order valence-corrected chi connectivity index (χ1v) is 4.22. The maximum atomic E-state index is 11.2. The number of nitrogens with zero attached hydrogens (tertiary/aromatic N) is 1. The average Bonchev–Trinajstić information content (AvgIpc) is 2.00. The number of carbonyl (C=O) groups excluding carboxylic acids is 1. The quantitative estimate of drug-likeness (QED) is 0.688. The molecule has 3 nitrogen and oxygen atoms in total. The molecule has 0 aliphatic rings. The van der Waals surface area contributed by atoms with Gasteiger partial charge in [-0.05, 0) is 5.92 Å². The van der Waals surface area contributed by atoms with Crippen molar-refractivity contribution < 1.29 is 4.79 Å². The van der Waals surface area contributed by atoms with Crippen LogP contribution in [0.2, 0.25) is 0 Å². The van der Waals surface area contributed by atoms with Crippen molar-refractivity contribution in [3.05, 3.63) is 0 Å². The van der Waals surface area contributed by atoms with Crippen LogP contribution in [0.25, 0.3) is 0 Å². The van der Waals surface area contributed by atoms with E-state index in [0.717, 1.165) is 0 Å².